The molecule has 3 aromatic carbocycles. The van der Waals surface area contributed by atoms with E-state index in [0.717, 1.165) is 44.7 Å². The lowest BCUT2D eigenvalue weighted by Gasteiger charge is -2.38. The van der Waals surface area contributed by atoms with Crippen LogP contribution >= 0.6 is 15.9 Å². The van der Waals surface area contributed by atoms with Gasteiger partial charge in [0, 0.05) is 41.8 Å². The Hall–Kier alpha value is -2.86. The summed E-state index contributed by atoms with van der Waals surface area (Å²) in [7, 11) is 4.05. The van der Waals surface area contributed by atoms with E-state index in [9.17, 15) is 4.39 Å². The number of nitrogens with zero attached hydrogens (tertiary/aromatic N) is 3. The first-order chi connectivity index (χ1) is 14.5. The van der Waals surface area contributed by atoms with Crippen molar-refractivity contribution in [3.05, 3.63) is 93.7 Å². The van der Waals surface area contributed by atoms with Gasteiger partial charge in [-0.25, -0.2) is 9.40 Å². The molecule has 4 nitrogen and oxygen atoms in total. The third-order valence-corrected chi connectivity index (χ3v) is 6.12. The average molecular weight is 466 g/mol. The van der Waals surface area contributed by atoms with E-state index in [4.69, 9.17) is 9.84 Å². The Labute approximate surface area is 183 Å². The summed E-state index contributed by atoms with van der Waals surface area (Å²) in [6.45, 7) is 0. The van der Waals surface area contributed by atoms with Crippen LogP contribution in [-0.2, 0) is 0 Å². The third kappa shape index (κ3) is 3.35. The molecule has 2 aliphatic heterocycles. The summed E-state index contributed by atoms with van der Waals surface area (Å²) in [6.07, 6.45) is 0.419. The van der Waals surface area contributed by atoms with Gasteiger partial charge in [0.2, 0.25) is 6.23 Å². The van der Waals surface area contributed by atoms with Gasteiger partial charge in [-0.1, -0.05) is 40.2 Å². The molecular formula is C24H21BrFN3O. The van der Waals surface area contributed by atoms with Crippen molar-refractivity contribution in [2.24, 2.45) is 5.10 Å². The predicted octanol–water partition coefficient (Wildman–Crippen LogP) is 5.90. The second-order valence-electron chi connectivity index (χ2n) is 7.79. The fourth-order valence-corrected chi connectivity index (χ4v) is 4.41. The molecular weight excluding hydrogens is 445 g/mol. The minimum atomic E-state index is -0.321. The summed E-state index contributed by atoms with van der Waals surface area (Å²) in [6, 6.07) is 21.1. The highest BCUT2D eigenvalue weighted by Gasteiger charge is 2.41. The normalized spacial score (nSPS) is 19.6. The SMILES string of the molecule is CN(C)c1ccc([C@@H]2Oc3ccc(Br)cc3[C@@H]3CC(c4ccc(F)cc4)=NN32)cc1. The molecule has 2 heterocycles. The number of benzene rings is 3. The van der Waals surface area contributed by atoms with Gasteiger partial charge in [-0.05, 0) is 48.0 Å². The molecule has 0 amide bonds. The minimum Gasteiger partial charge on any atom is -0.464 e. The van der Waals surface area contributed by atoms with E-state index in [0.29, 0.717) is 0 Å². The fraction of sp³-hybridized carbons (Fsp3) is 0.208. The van der Waals surface area contributed by atoms with Crippen LogP contribution in [-0.4, -0.2) is 24.8 Å². The summed E-state index contributed by atoms with van der Waals surface area (Å²) in [5.74, 6) is 0.628. The highest BCUT2D eigenvalue weighted by Crippen LogP contribution is 2.48. The van der Waals surface area contributed by atoms with Crippen LogP contribution in [0.2, 0.25) is 0 Å². The topological polar surface area (TPSA) is 28.1 Å². The third-order valence-electron chi connectivity index (χ3n) is 5.62. The van der Waals surface area contributed by atoms with E-state index in [2.05, 4.69) is 51.2 Å². The van der Waals surface area contributed by atoms with Gasteiger partial charge >= 0.3 is 0 Å². The number of anilines is 1. The van der Waals surface area contributed by atoms with Crippen LogP contribution in [0.25, 0.3) is 0 Å². The van der Waals surface area contributed by atoms with Crippen LogP contribution in [0.15, 0.2) is 76.3 Å². The molecule has 30 heavy (non-hydrogen) atoms. The number of fused-ring (bicyclic) bond motifs is 3. The fourth-order valence-electron chi connectivity index (χ4n) is 4.03. The number of hydrazone groups is 1. The first-order valence-electron chi connectivity index (χ1n) is 9.85. The molecule has 0 aliphatic carbocycles. The zero-order valence-electron chi connectivity index (χ0n) is 16.7. The second kappa shape index (κ2) is 7.43. The zero-order chi connectivity index (χ0) is 20.8. The lowest BCUT2D eigenvalue weighted by atomic mass is 9.96. The van der Waals surface area contributed by atoms with Gasteiger partial charge in [-0.3, -0.25) is 0 Å². The highest BCUT2D eigenvalue weighted by molar-refractivity contribution is 9.10. The van der Waals surface area contributed by atoms with Crippen molar-refractivity contribution in [3.8, 4) is 5.75 Å². The van der Waals surface area contributed by atoms with Crippen molar-refractivity contribution in [2.45, 2.75) is 18.7 Å². The standard InChI is InChI=1S/C24H21BrFN3O/c1-28(2)19-10-5-16(6-11-19)24-29-22(20-13-17(25)7-12-23(20)30-24)14-21(27-29)15-3-8-18(26)9-4-15/h3-13,22,24H,14H2,1-2H3/t22-,24-/m0/s1. The lowest BCUT2D eigenvalue weighted by molar-refractivity contribution is -0.0190. The van der Waals surface area contributed by atoms with E-state index >= 15 is 0 Å². The van der Waals surface area contributed by atoms with Crippen LogP contribution in [0, 0.1) is 5.82 Å². The maximum Gasteiger partial charge on any atom is 0.213 e. The molecule has 0 radical (unpaired) electrons. The smallest absolute Gasteiger partial charge is 0.213 e. The average Bonchev–Trinajstić information content (AvgIpc) is 3.19. The van der Waals surface area contributed by atoms with Crippen molar-refractivity contribution in [1.29, 1.82) is 0 Å². The molecule has 3 aromatic rings. The Bertz CT molecular complexity index is 1110. The molecule has 0 saturated carbocycles. The van der Waals surface area contributed by atoms with Crippen molar-refractivity contribution in [1.82, 2.24) is 5.01 Å². The number of rotatable bonds is 3. The summed E-state index contributed by atoms with van der Waals surface area (Å²) < 4.78 is 20.8. The number of halogens is 2. The highest BCUT2D eigenvalue weighted by atomic mass is 79.9. The minimum absolute atomic E-state index is 0.0600. The Kier molecular flexibility index (Phi) is 4.74. The second-order valence-corrected chi connectivity index (χ2v) is 8.71. The molecule has 152 valence electrons. The van der Waals surface area contributed by atoms with Gasteiger partial charge in [0.1, 0.15) is 11.6 Å². The van der Waals surface area contributed by atoms with Crippen molar-refractivity contribution < 1.29 is 9.13 Å². The van der Waals surface area contributed by atoms with Gasteiger partial charge in [0.05, 0.1) is 11.8 Å². The molecule has 6 heteroatoms. The molecule has 0 fully saturated rings. The Balaban J connectivity index is 1.57. The van der Waals surface area contributed by atoms with Gasteiger partial charge in [0.15, 0.2) is 0 Å². The summed E-state index contributed by atoms with van der Waals surface area (Å²) in [5, 5.41) is 6.97. The van der Waals surface area contributed by atoms with E-state index in [1.54, 1.807) is 12.1 Å². The quantitative estimate of drug-likeness (QED) is 0.482. The molecule has 2 atom stereocenters. The molecule has 0 bridgehead atoms. The molecule has 0 unspecified atom stereocenters. The summed E-state index contributed by atoms with van der Waals surface area (Å²) in [4.78, 5) is 2.07. The largest absolute Gasteiger partial charge is 0.464 e. The van der Waals surface area contributed by atoms with Gasteiger partial charge in [-0.2, -0.15) is 5.10 Å². The van der Waals surface area contributed by atoms with Crippen molar-refractivity contribution >= 4 is 27.3 Å². The monoisotopic (exact) mass is 465 g/mol. The number of hydrogen-bond donors (Lipinski definition) is 0. The van der Waals surface area contributed by atoms with E-state index in [-0.39, 0.29) is 18.1 Å². The lowest BCUT2D eigenvalue weighted by Crippen LogP contribution is -2.33. The molecule has 0 spiro atoms. The molecule has 2 aliphatic rings. The predicted molar refractivity (Wildman–Crippen MR) is 120 cm³/mol. The zero-order valence-corrected chi connectivity index (χ0v) is 18.3. The molecule has 0 saturated heterocycles. The van der Waals surface area contributed by atoms with Gasteiger partial charge in [0.25, 0.3) is 0 Å². The van der Waals surface area contributed by atoms with Crippen molar-refractivity contribution in [2.75, 3.05) is 19.0 Å². The Morgan fingerprint density at radius 1 is 1.03 bits per heavy atom. The summed E-state index contributed by atoms with van der Waals surface area (Å²) >= 11 is 3.58. The van der Waals surface area contributed by atoms with E-state index in [1.165, 1.54) is 12.1 Å². The first-order valence-corrected chi connectivity index (χ1v) is 10.6. The molecule has 0 N–H and O–H groups in total. The number of hydrogen-bond acceptors (Lipinski definition) is 4. The van der Waals surface area contributed by atoms with Crippen LogP contribution in [0.4, 0.5) is 10.1 Å². The number of ether oxygens (including phenoxy) is 1. The first kappa shape index (κ1) is 19.1. The van der Waals surface area contributed by atoms with Crippen molar-refractivity contribution in [3.63, 3.8) is 0 Å². The van der Waals surface area contributed by atoms with Gasteiger partial charge in [-0.15, -0.1) is 0 Å². The van der Waals surface area contributed by atoms with Crippen LogP contribution < -0.4 is 9.64 Å². The Morgan fingerprint density at radius 3 is 2.47 bits per heavy atom. The molecule has 5 rings (SSSR count). The summed E-state index contributed by atoms with van der Waals surface area (Å²) in [5.41, 5.74) is 5.15. The van der Waals surface area contributed by atoms with E-state index in [1.807, 2.05) is 31.2 Å². The van der Waals surface area contributed by atoms with Gasteiger partial charge < -0.3 is 9.64 Å². The Morgan fingerprint density at radius 2 is 1.77 bits per heavy atom. The molecule has 0 aromatic heterocycles. The van der Waals surface area contributed by atoms with Crippen LogP contribution in [0.5, 0.6) is 5.75 Å². The van der Waals surface area contributed by atoms with Crippen LogP contribution in [0.3, 0.4) is 0 Å². The van der Waals surface area contributed by atoms with E-state index < -0.39 is 0 Å². The maximum absolute atomic E-state index is 13.4. The van der Waals surface area contributed by atoms with Crippen LogP contribution in [0.1, 0.15) is 35.4 Å². The maximum atomic E-state index is 13.4.